The Hall–Kier alpha value is -1.57. The fraction of sp³-hybridized carbons (Fsp3) is 0.733. The van der Waals surface area contributed by atoms with Crippen molar-refractivity contribution in [2.24, 2.45) is 7.05 Å². The predicted octanol–water partition coefficient (Wildman–Crippen LogP) is 2.38. The molecule has 23 heavy (non-hydrogen) atoms. The van der Waals surface area contributed by atoms with Gasteiger partial charge in [-0.3, -0.25) is 14.4 Å². The summed E-state index contributed by atoms with van der Waals surface area (Å²) in [7, 11) is 1.37. The first-order valence-electron chi connectivity index (χ1n) is 7.81. The largest absolute Gasteiger partial charge is 0.435 e. The third-order valence-corrected chi connectivity index (χ3v) is 4.34. The summed E-state index contributed by atoms with van der Waals surface area (Å²) < 4.78 is 39.2. The van der Waals surface area contributed by atoms with E-state index in [1.54, 1.807) is 4.90 Å². The van der Waals surface area contributed by atoms with Crippen molar-refractivity contribution in [3.05, 3.63) is 17.5 Å². The number of alkyl halides is 3. The number of hydrogen-bond donors (Lipinski definition) is 0. The van der Waals surface area contributed by atoms with Crippen LogP contribution >= 0.6 is 0 Å². The Morgan fingerprint density at radius 3 is 2.52 bits per heavy atom. The summed E-state index contributed by atoms with van der Waals surface area (Å²) in [5.41, 5.74) is -1.05. The Kier molecular flexibility index (Phi) is 5.03. The molecule has 1 aromatic rings. The number of carbonyl (C=O) groups excluding carboxylic acids is 1. The number of nitrogens with zero attached hydrogens (tertiary/aromatic N) is 4. The maximum atomic E-state index is 12.7. The van der Waals surface area contributed by atoms with Gasteiger partial charge in [0.15, 0.2) is 5.69 Å². The lowest BCUT2D eigenvalue weighted by molar-refractivity contribution is -0.141. The number of halogens is 3. The van der Waals surface area contributed by atoms with Crippen LogP contribution in [-0.2, 0) is 13.2 Å². The molecule has 0 saturated carbocycles. The van der Waals surface area contributed by atoms with E-state index >= 15 is 0 Å². The van der Waals surface area contributed by atoms with Gasteiger partial charge in [0.05, 0.1) is 0 Å². The summed E-state index contributed by atoms with van der Waals surface area (Å²) in [5, 5.41) is 3.41. The van der Waals surface area contributed by atoms with Crippen LogP contribution < -0.4 is 0 Å². The van der Waals surface area contributed by atoms with Gasteiger partial charge in [-0.25, -0.2) is 0 Å². The third kappa shape index (κ3) is 3.68. The second kappa shape index (κ2) is 6.51. The number of rotatable bonds is 3. The molecule has 0 unspecified atom stereocenters. The number of aromatic nitrogens is 2. The maximum Gasteiger partial charge on any atom is 0.435 e. The summed E-state index contributed by atoms with van der Waals surface area (Å²) in [6.45, 7) is 8.04. The van der Waals surface area contributed by atoms with Crippen molar-refractivity contribution in [2.75, 3.05) is 19.6 Å². The van der Waals surface area contributed by atoms with Gasteiger partial charge in [0.1, 0.15) is 5.69 Å². The Morgan fingerprint density at radius 1 is 1.39 bits per heavy atom. The fourth-order valence-corrected chi connectivity index (χ4v) is 3.07. The van der Waals surface area contributed by atoms with Crippen molar-refractivity contribution in [3.8, 4) is 0 Å². The number of hydrogen-bond acceptors (Lipinski definition) is 3. The lowest BCUT2D eigenvalue weighted by Gasteiger charge is -2.43. The van der Waals surface area contributed by atoms with Crippen molar-refractivity contribution in [2.45, 2.75) is 45.5 Å². The molecule has 0 aliphatic carbocycles. The molecule has 1 fully saturated rings. The molecular weight excluding hydrogens is 309 g/mol. The molecular formula is C15H23F3N4O. The minimum Gasteiger partial charge on any atom is -0.334 e. The quantitative estimate of drug-likeness (QED) is 0.853. The molecule has 1 saturated heterocycles. The molecule has 1 aliphatic heterocycles. The zero-order valence-electron chi connectivity index (χ0n) is 13.9. The minimum atomic E-state index is -4.54. The van der Waals surface area contributed by atoms with Gasteiger partial charge < -0.3 is 4.90 Å². The number of aryl methyl sites for hydroxylation is 1. The SMILES string of the molecule is CC[C@H]1CN(C(=O)c2cc(C(F)(F)F)nn2C)CCN1C(C)C. The van der Waals surface area contributed by atoms with Crippen molar-refractivity contribution in [1.29, 1.82) is 0 Å². The zero-order chi connectivity index (χ0) is 17.4. The van der Waals surface area contributed by atoms with E-state index in [0.29, 0.717) is 19.1 Å². The number of piperazine rings is 1. The van der Waals surface area contributed by atoms with Crippen molar-refractivity contribution < 1.29 is 18.0 Å². The first-order chi connectivity index (χ1) is 10.6. The van der Waals surface area contributed by atoms with Gasteiger partial charge in [0, 0.05) is 44.8 Å². The van der Waals surface area contributed by atoms with E-state index in [1.165, 1.54) is 7.05 Å². The maximum absolute atomic E-state index is 12.7. The first kappa shape index (κ1) is 17.8. The molecule has 0 bridgehead atoms. The van der Waals surface area contributed by atoms with E-state index in [2.05, 4.69) is 30.8 Å². The third-order valence-electron chi connectivity index (χ3n) is 4.34. The van der Waals surface area contributed by atoms with E-state index in [4.69, 9.17) is 0 Å². The van der Waals surface area contributed by atoms with E-state index < -0.39 is 17.8 Å². The second-order valence-electron chi connectivity index (χ2n) is 6.18. The highest BCUT2D eigenvalue weighted by atomic mass is 19.4. The standard InChI is InChI=1S/C15H23F3N4O/c1-5-11-9-21(6-7-22(11)10(2)3)14(23)12-8-13(15(16,17)18)19-20(12)4/h8,10-11H,5-7,9H2,1-4H3/t11-/m0/s1. The van der Waals surface area contributed by atoms with Gasteiger partial charge in [-0.05, 0) is 20.3 Å². The average molecular weight is 332 g/mol. The van der Waals surface area contributed by atoms with E-state index in [9.17, 15) is 18.0 Å². The van der Waals surface area contributed by atoms with Crippen LogP contribution in [0.5, 0.6) is 0 Å². The lowest BCUT2D eigenvalue weighted by Crippen LogP contribution is -2.56. The molecule has 8 heteroatoms. The van der Waals surface area contributed by atoms with Crippen LogP contribution in [0.15, 0.2) is 6.07 Å². The summed E-state index contributed by atoms with van der Waals surface area (Å²) in [6.07, 6.45) is -3.65. The molecule has 1 amide bonds. The van der Waals surface area contributed by atoms with E-state index in [1.807, 2.05) is 0 Å². The normalized spacial score (nSPS) is 20.3. The predicted molar refractivity (Wildman–Crippen MR) is 80.0 cm³/mol. The van der Waals surface area contributed by atoms with Gasteiger partial charge >= 0.3 is 6.18 Å². The average Bonchev–Trinajstić information content (AvgIpc) is 2.87. The highest BCUT2D eigenvalue weighted by molar-refractivity contribution is 5.92. The van der Waals surface area contributed by atoms with Crippen LogP contribution in [0.4, 0.5) is 13.2 Å². The summed E-state index contributed by atoms with van der Waals surface area (Å²) >= 11 is 0. The van der Waals surface area contributed by atoms with Crippen LogP contribution in [0.3, 0.4) is 0 Å². The summed E-state index contributed by atoms with van der Waals surface area (Å²) in [4.78, 5) is 16.5. The highest BCUT2D eigenvalue weighted by Crippen LogP contribution is 2.29. The zero-order valence-corrected chi connectivity index (χ0v) is 13.9. The lowest BCUT2D eigenvalue weighted by atomic mass is 10.1. The van der Waals surface area contributed by atoms with Crippen LogP contribution in [0.2, 0.25) is 0 Å². The van der Waals surface area contributed by atoms with Gasteiger partial charge in [-0.15, -0.1) is 0 Å². The molecule has 5 nitrogen and oxygen atoms in total. The van der Waals surface area contributed by atoms with Gasteiger partial charge in [0.25, 0.3) is 5.91 Å². The van der Waals surface area contributed by atoms with E-state index in [-0.39, 0.29) is 11.7 Å². The highest BCUT2D eigenvalue weighted by Gasteiger charge is 2.37. The second-order valence-corrected chi connectivity index (χ2v) is 6.18. The monoisotopic (exact) mass is 332 g/mol. The van der Waals surface area contributed by atoms with Gasteiger partial charge in [-0.1, -0.05) is 6.92 Å². The Balaban J connectivity index is 2.17. The van der Waals surface area contributed by atoms with Gasteiger partial charge in [0.2, 0.25) is 0 Å². The molecule has 130 valence electrons. The Bertz CT molecular complexity index is 568. The molecule has 2 heterocycles. The van der Waals surface area contributed by atoms with Gasteiger partial charge in [-0.2, -0.15) is 18.3 Å². The number of carbonyl (C=O) groups is 1. The molecule has 1 atom stereocenters. The molecule has 0 radical (unpaired) electrons. The van der Waals surface area contributed by atoms with Crippen LogP contribution in [0.25, 0.3) is 0 Å². The summed E-state index contributed by atoms with van der Waals surface area (Å²) in [6, 6.07) is 1.44. The minimum absolute atomic E-state index is 0.0230. The Labute approximate surface area is 134 Å². The van der Waals surface area contributed by atoms with Crippen molar-refractivity contribution in [1.82, 2.24) is 19.6 Å². The van der Waals surface area contributed by atoms with Crippen LogP contribution in [-0.4, -0.2) is 57.2 Å². The van der Waals surface area contributed by atoms with Crippen molar-refractivity contribution >= 4 is 5.91 Å². The molecule has 2 rings (SSSR count). The molecule has 0 N–H and O–H groups in total. The van der Waals surface area contributed by atoms with E-state index in [0.717, 1.165) is 23.7 Å². The van der Waals surface area contributed by atoms with Crippen LogP contribution in [0.1, 0.15) is 43.4 Å². The van der Waals surface area contributed by atoms with Crippen LogP contribution in [0, 0.1) is 0 Å². The molecule has 0 spiro atoms. The number of amides is 1. The Morgan fingerprint density at radius 2 is 2.04 bits per heavy atom. The summed E-state index contributed by atoms with van der Waals surface area (Å²) in [5.74, 6) is -0.391. The topological polar surface area (TPSA) is 41.4 Å². The first-order valence-corrected chi connectivity index (χ1v) is 7.81. The molecule has 0 aromatic carbocycles. The van der Waals surface area contributed by atoms with Crippen molar-refractivity contribution in [3.63, 3.8) is 0 Å². The smallest absolute Gasteiger partial charge is 0.334 e. The fourth-order valence-electron chi connectivity index (χ4n) is 3.07. The molecule has 1 aliphatic rings. The molecule has 1 aromatic heterocycles.